The topological polar surface area (TPSA) is 54.1 Å². The van der Waals surface area contributed by atoms with Gasteiger partial charge in [0.25, 0.3) is 0 Å². The minimum absolute atomic E-state index is 0.515. The number of nitrogens with zero attached hydrogens (tertiary/aromatic N) is 4. The maximum atomic E-state index is 10.1. The van der Waals surface area contributed by atoms with Gasteiger partial charge in [0.15, 0.2) is 0 Å². The Morgan fingerprint density at radius 3 is 1.59 bits per heavy atom. The summed E-state index contributed by atoms with van der Waals surface area (Å²) >= 11 is 0. The lowest BCUT2D eigenvalue weighted by molar-refractivity contribution is 0.855. The van der Waals surface area contributed by atoms with Crippen molar-refractivity contribution >= 4 is 47.1 Å². The number of hydrogen-bond acceptors (Lipinski definition) is 4. The zero-order valence-electron chi connectivity index (χ0n) is 30.8. The van der Waals surface area contributed by atoms with Crippen molar-refractivity contribution in [3.05, 3.63) is 202 Å². The normalized spacial score (nSPS) is 13.9. The number of anilines is 4. The molecule has 0 saturated carbocycles. The number of nitriles is 2. The fourth-order valence-corrected chi connectivity index (χ4v) is 6.82. The van der Waals surface area contributed by atoms with Crippen molar-refractivity contribution in [1.82, 2.24) is 0 Å². The van der Waals surface area contributed by atoms with Crippen LogP contribution in [-0.2, 0) is 0 Å². The van der Waals surface area contributed by atoms with Crippen molar-refractivity contribution < 1.29 is 0 Å². The van der Waals surface area contributed by atoms with Gasteiger partial charge in [0.2, 0.25) is 0 Å². The molecule has 0 spiro atoms. The van der Waals surface area contributed by atoms with E-state index in [4.69, 9.17) is 0 Å². The molecule has 7 rings (SSSR count). The molecule has 0 atom stereocenters. The summed E-state index contributed by atoms with van der Waals surface area (Å²) in [5, 5.41) is 20.2. The molecular formula is C50H42N4. The number of hydrogen-bond donors (Lipinski definition) is 0. The van der Waals surface area contributed by atoms with Crippen LogP contribution in [0.2, 0.25) is 0 Å². The molecular weight excluding hydrogens is 657 g/mol. The number of benzene rings is 5. The van der Waals surface area contributed by atoms with Gasteiger partial charge in [0.05, 0.1) is 23.3 Å². The Balaban J connectivity index is 1.10. The van der Waals surface area contributed by atoms with E-state index < -0.39 is 0 Å². The number of aryl methyl sites for hydroxylation is 1. The Labute approximate surface area is 319 Å². The van der Waals surface area contributed by atoms with E-state index in [1.807, 2.05) is 42.5 Å². The van der Waals surface area contributed by atoms with Crippen molar-refractivity contribution in [3.63, 3.8) is 0 Å². The van der Waals surface area contributed by atoms with Crippen LogP contribution in [-0.4, -0.2) is 0 Å². The van der Waals surface area contributed by atoms with Gasteiger partial charge in [-0.15, -0.1) is 0 Å². The molecule has 0 aromatic heterocycles. The van der Waals surface area contributed by atoms with Gasteiger partial charge in [0, 0.05) is 34.1 Å². The molecule has 0 N–H and O–H groups in total. The van der Waals surface area contributed by atoms with E-state index in [-0.39, 0.29) is 0 Å². The van der Waals surface area contributed by atoms with E-state index in [9.17, 15) is 10.5 Å². The number of para-hydroxylation sites is 1. The second kappa shape index (κ2) is 16.6. The van der Waals surface area contributed by atoms with E-state index in [1.165, 1.54) is 22.5 Å². The van der Waals surface area contributed by atoms with Gasteiger partial charge in [-0.3, -0.25) is 0 Å². The summed E-state index contributed by atoms with van der Waals surface area (Å²) in [5.74, 6) is 0. The molecule has 5 aromatic carbocycles. The molecule has 0 radical (unpaired) electrons. The van der Waals surface area contributed by atoms with Crippen LogP contribution in [0.3, 0.4) is 0 Å². The second-order valence-electron chi connectivity index (χ2n) is 13.7. The molecule has 5 aromatic rings. The highest BCUT2D eigenvalue weighted by atomic mass is 15.2. The summed E-state index contributed by atoms with van der Waals surface area (Å²) < 4.78 is 0. The van der Waals surface area contributed by atoms with Crippen LogP contribution < -0.4 is 9.80 Å². The van der Waals surface area contributed by atoms with Crippen LogP contribution >= 0.6 is 0 Å². The maximum Gasteiger partial charge on any atom is 0.0998 e. The van der Waals surface area contributed by atoms with E-state index >= 15 is 0 Å². The molecule has 2 aliphatic carbocycles. The van der Waals surface area contributed by atoms with Gasteiger partial charge in [-0.25, -0.2) is 0 Å². The van der Waals surface area contributed by atoms with Crippen molar-refractivity contribution in [1.29, 1.82) is 10.5 Å². The van der Waals surface area contributed by atoms with E-state index in [1.54, 1.807) is 12.1 Å². The van der Waals surface area contributed by atoms with E-state index in [0.29, 0.717) is 22.3 Å². The highest BCUT2D eigenvalue weighted by molar-refractivity contribution is 5.81. The summed E-state index contributed by atoms with van der Waals surface area (Å²) in [6.45, 7) is 4.28. The first-order chi connectivity index (χ1) is 26.5. The lowest BCUT2D eigenvalue weighted by Crippen LogP contribution is -2.22. The largest absolute Gasteiger partial charge is 0.315 e. The molecule has 4 nitrogen and oxygen atoms in total. The standard InChI is InChI=1S/C50H42N4/c1-37-13-25-47(26-14-37)53(45-9-5-3-6-10-45)49-29-19-39(20-30-49)17-23-41-33-44(36-52)42(34-43(41)35-51)24-18-40-21-31-50(32-22-40)54(46-11-7-4-8-12-46)48-27-15-38(2)16-28-48/h3,5-7,9-15,17-27,29-34H,4,8,16,28H2,1-2H3. The molecule has 0 heterocycles. The van der Waals surface area contributed by atoms with Crippen LogP contribution in [0.15, 0.2) is 163 Å². The van der Waals surface area contributed by atoms with Crippen molar-refractivity contribution in [2.75, 3.05) is 9.80 Å². The molecule has 0 unspecified atom stereocenters. The molecule has 54 heavy (non-hydrogen) atoms. The zero-order chi connectivity index (χ0) is 37.3. The Hall–Kier alpha value is -6.88. The van der Waals surface area contributed by atoms with Gasteiger partial charge >= 0.3 is 0 Å². The lowest BCUT2D eigenvalue weighted by Gasteiger charge is -2.31. The van der Waals surface area contributed by atoms with Crippen LogP contribution in [0.5, 0.6) is 0 Å². The maximum absolute atomic E-state index is 10.1. The summed E-state index contributed by atoms with van der Waals surface area (Å²) in [7, 11) is 0. The minimum Gasteiger partial charge on any atom is -0.315 e. The van der Waals surface area contributed by atoms with Crippen LogP contribution in [0, 0.1) is 29.6 Å². The molecule has 2 aliphatic rings. The van der Waals surface area contributed by atoms with Crippen molar-refractivity contribution in [2.45, 2.75) is 39.5 Å². The summed E-state index contributed by atoms with van der Waals surface area (Å²) in [5.41, 5.74) is 13.9. The Morgan fingerprint density at radius 1 is 0.556 bits per heavy atom. The Morgan fingerprint density at radius 2 is 1.09 bits per heavy atom. The SMILES string of the molecule is CC1=CC=C(N(C2=CCCC=C2)c2ccc(C=Cc3cc(C#N)c(C=Cc4ccc(N(c5ccccc5)c5ccc(C)cc5)cc4)cc3C#N)cc2)CC1. The van der Waals surface area contributed by atoms with Crippen LogP contribution in [0.1, 0.15) is 71.6 Å². The Kier molecular flexibility index (Phi) is 10.9. The molecule has 0 saturated heterocycles. The monoisotopic (exact) mass is 698 g/mol. The minimum atomic E-state index is 0.515. The summed E-state index contributed by atoms with van der Waals surface area (Å²) in [6, 6.07) is 44.0. The average Bonchev–Trinajstić information content (AvgIpc) is 3.22. The fraction of sp³-hybridized carbons (Fsp3) is 0.120. The van der Waals surface area contributed by atoms with E-state index in [2.05, 4.69) is 151 Å². The van der Waals surface area contributed by atoms with Gasteiger partial charge in [0.1, 0.15) is 0 Å². The first-order valence-electron chi connectivity index (χ1n) is 18.5. The third-order valence-corrected chi connectivity index (χ3v) is 9.84. The average molecular weight is 699 g/mol. The van der Waals surface area contributed by atoms with Gasteiger partial charge in [-0.1, -0.05) is 108 Å². The molecule has 262 valence electrons. The quantitative estimate of drug-likeness (QED) is 0.136. The smallest absolute Gasteiger partial charge is 0.0998 e. The molecule has 0 aliphatic heterocycles. The Bertz CT molecular complexity index is 2390. The first-order valence-corrected chi connectivity index (χ1v) is 18.5. The second-order valence-corrected chi connectivity index (χ2v) is 13.7. The first kappa shape index (κ1) is 35.5. The summed E-state index contributed by atoms with van der Waals surface area (Å²) in [4.78, 5) is 4.60. The number of allylic oxidation sites excluding steroid dienone is 7. The lowest BCUT2D eigenvalue weighted by atomic mass is 9.97. The van der Waals surface area contributed by atoms with Gasteiger partial charge in [-0.2, -0.15) is 10.5 Å². The predicted molar refractivity (Wildman–Crippen MR) is 226 cm³/mol. The summed E-state index contributed by atoms with van der Waals surface area (Å²) in [6.07, 6.45) is 23.3. The van der Waals surface area contributed by atoms with Crippen molar-refractivity contribution in [2.24, 2.45) is 0 Å². The number of rotatable bonds is 10. The highest BCUT2D eigenvalue weighted by Gasteiger charge is 2.18. The third-order valence-electron chi connectivity index (χ3n) is 9.84. The van der Waals surface area contributed by atoms with Gasteiger partial charge < -0.3 is 9.80 Å². The van der Waals surface area contributed by atoms with Crippen LogP contribution in [0.25, 0.3) is 24.3 Å². The van der Waals surface area contributed by atoms with Gasteiger partial charge in [-0.05, 0) is 135 Å². The van der Waals surface area contributed by atoms with E-state index in [0.717, 1.165) is 59.6 Å². The fourth-order valence-electron chi connectivity index (χ4n) is 6.82. The predicted octanol–water partition coefficient (Wildman–Crippen LogP) is 13.2. The molecule has 0 bridgehead atoms. The van der Waals surface area contributed by atoms with Crippen molar-refractivity contribution in [3.8, 4) is 12.1 Å². The zero-order valence-corrected chi connectivity index (χ0v) is 30.8. The molecule has 0 fully saturated rings. The third kappa shape index (κ3) is 8.26. The van der Waals surface area contributed by atoms with Crippen LogP contribution in [0.4, 0.5) is 22.7 Å². The molecule has 4 heteroatoms. The highest BCUT2D eigenvalue weighted by Crippen LogP contribution is 2.35. The molecule has 0 amide bonds.